The number of hydrogen-bond donors (Lipinski definition) is 2. The Morgan fingerprint density at radius 1 is 0.550 bits per heavy atom. The Hall–Kier alpha value is -6.38. The van der Waals surface area contributed by atoms with E-state index < -0.39 is 11.9 Å². The Balaban J connectivity index is 0.000000181. The number of ether oxygens (including phenoxy) is 2. The van der Waals surface area contributed by atoms with Gasteiger partial charge >= 0.3 is 11.9 Å². The van der Waals surface area contributed by atoms with E-state index in [2.05, 4.69) is 0 Å². The van der Waals surface area contributed by atoms with Crippen LogP contribution in [0, 0.1) is 0 Å². The second-order valence-electron chi connectivity index (χ2n) is 14.3. The van der Waals surface area contributed by atoms with E-state index >= 15 is 0 Å². The Bertz CT molecular complexity index is 2200. The van der Waals surface area contributed by atoms with Crippen molar-refractivity contribution in [3.05, 3.63) is 142 Å². The monoisotopic (exact) mass is 844 g/mol. The van der Waals surface area contributed by atoms with Crippen LogP contribution in [-0.4, -0.2) is 80.0 Å². The summed E-state index contributed by atoms with van der Waals surface area (Å²) in [6.07, 6.45) is 5.79. The third-order valence-corrected chi connectivity index (χ3v) is 12.2. The van der Waals surface area contributed by atoms with Crippen LogP contribution in [0.4, 0.5) is 0 Å². The van der Waals surface area contributed by atoms with E-state index in [1.165, 1.54) is 22.7 Å². The highest BCUT2D eigenvalue weighted by Crippen LogP contribution is 2.36. The number of likely N-dealkylation sites (tertiary alicyclic amines) is 2. The minimum atomic E-state index is -0.949. The molecule has 0 aliphatic carbocycles. The van der Waals surface area contributed by atoms with Crippen molar-refractivity contribution in [1.82, 2.24) is 19.8 Å². The molecule has 2 atom stereocenters. The van der Waals surface area contributed by atoms with Gasteiger partial charge in [0, 0.05) is 35.0 Å². The Morgan fingerprint density at radius 2 is 0.933 bits per heavy atom. The fourth-order valence-corrected chi connectivity index (χ4v) is 8.96. The first-order valence-electron chi connectivity index (χ1n) is 19.8. The molecule has 2 aliphatic heterocycles. The lowest BCUT2D eigenvalue weighted by Crippen LogP contribution is -2.41. The normalized spacial score (nSPS) is 16.3. The molecule has 0 bridgehead atoms. The molecule has 12 nitrogen and oxygen atoms in total. The van der Waals surface area contributed by atoms with Crippen LogP contribution in [0.2, 0.25) is 0 Å². The molecule has 6 aromatic rings. The summed E-state index contributed by atoms with van der Waals surface area (Å²) in [5.41, 5.74) is 4.00. The Kier molecular flexibility index (Phi) is 14.0. The number of rotatable bonds is 12. The van der Waals surface area contributed by atoms with Crippen molar-refractivity contribution in [2.45, 2.75) is 50.6 Å². The van der Waals surface area contributed by atoms with Crippen molar-refractivity contribution < 1.29 is 38.9 Å². The van der Waals surface area contributed by atoms with Crippen LogP contribution in [0.25, 0.3) is 21.1 Å². The van der Waals surface area contributed by atoms with E-state index in [-0.39, 0.29) is 48.2 Å². The van der Waals surface area contributed by atoms with Gasteiger partial charge in [0.25, 0.3) is 11.8 Å². The van der Waals surface area contributed by atoms with Gasteiger partial charge in [0.1, 0.15) is 21.5 Å². The number of aromatic nitrogens is 2. The maximum atomic E-state index is 12.9. The summed E-state index contributed by atoms with van der Waals surface area (Å²) in [5.74, 6) is -0.612. The average Bonchev–Trinajstić information content (AvgIpc) is 4.00. The van der Waals surface area contributed by atoms with Crippen LogP contribution in [-0.2, 0) is 9.59 Å². The third-order valence-electron chi connectivity index (χ3n) is 10.3. The maximum absolute atomic E-state index is 12.9. The van der Waals surface area contributed by atoms with E-state index in [1.54, 1.807) is 48.5 Å². The first-order valence-corrected chi connectivity index (χ1v) is 21.5. The van der Waals surface area contributed by atoms with Gasteiger partial charge in [-0.2, -0.15) is 0 Å². The molecule has 2 fully saturated rings. The van der Waals surface area contributed by atoms with Crippen molar-refractivity contribution in [3.8, 4) is 32.6 Å². The fraction of sp³-hybridized carbons (Fsp3) is 0.261. The molecule has 2 saturated heterocycles. The summed E-state index contributed by atoms with van der Waals surface area (Å²) in [5, 5.41) is 23.7. The third kappa shape index (κ3) is 10.6. The molecule has 2 aromatic heterocycles. The van der Waals surface area contributed by atoms with Crippen LogP contribution in [0.1, 0.15) is 82.7 Å². The molecule has 308 valence electrons. The van der Waals surface area contributed by atoms with Gasteiger partial charge in [-0.3, -0.25) is 9.59 Å². The molecule has 0 radical (unpaired) electrons. The van der Waals surface area contributed by atoms with Crippen LogP contribution in [0.15, 0.2) is 120 Å². The molecule has 0 unspecified atom stereocenters. The number of carboxylic acid groups (broad SMARTS) is 2. The minimum Gasteiger partial charge on any atom is -0.484 e. The molecule has 2 aliphatic rings. The lowest BCUT2D eigenvalue weighted by atomic mass is 10.00. The van der Waals surface area contributed by atoms with Crippen molar-refractivity contribution in [2.75, 3.05) is 26.3 Å². The number of piperidine rings is 2. The number of carbonyl (C=O) groups excluding carboxylic acids is 2. The number of aromatic carboxylic acids is 2. The number of amides is 2. The maximum Gasteiger partial charge on any atom is 0.335 e. The molecular weight excluding hydrogens is 801 g/mol. The topological polar surface area (TPSA) is 159 Å². The molecule has 2 N–H and O–H groups in total. The summed E-state index contributed by atoms with van der Waals surface area (Å²) in [7, 11) is 0. The number of benzene rings is 4. The molecule has 14 heteroatoms. The zero-order valence-corrected chi connectivity index (χ0v) is 34.4. The van der Waals surface area contributed by atoms with Gasteiger partial charge in [-0.25, -0.2) is 19.6 Å². The highest BCUT2D eigenvalue weighted by Gasteiger charge is 2.31. The Morgan fingerprint density at radius 3 is 1.30 bits per heavy atom. The second-order valence-corrected chi connectivity index (χ2v) is 16.0. The highest BCUT2D eigenvalue weighted by atomic mass is 32.1. The van der Waals surface area contributed by atoms with Gasteiger partial charge in [0.2, 0.25) is 0 Å². The summed E-state index contributed by atoms with van der Waals surface area (Å²) in [6, 6.07) is 31.9. The number of carbonyl (C=O) groups is 4. The van der Waals surface area contributed by atoms with Gasteiger partial charge in [-0.15, -0.1) is 22.7 Å². The standard InChI is InChI=1S/2C23H22N2O4S/c2*26-21(14-29-18-6-2-1-3-7-18)25-13-5-4-8-20(25)19-15-30-22(24-19)16-9-11-17(12-10-16)23(27)28/h2*1-3,6-7,9-12,15,20H,4-5,8,13-14H2,(H,27,28)/t2*20-/m11/s1. The van der Waals surface area contributed by atoms with Gasteiger partial charge in [0.15, 0.2) is 13.2 Å². The summed E-state index contributed by atoms with van der Waals surface area (Å²) in [6.45, 7) is 1.41. The molecule has 8 rings (SSSR count). The number of carboxylic acids is 2. The highest BCUT2D eigenvalue weighted by molar-refractivity contribution is 7.13. The number of thiazole rings is 2. The zero-order valence-electron chi connectivity index (χ0n) is 32.7. The van der Waals surface area contributed by atoms with Crippen molar-refractivity contribution in [2.24, 2.45) is 0 Å². The van der Waals surface area contributed by atoms with Gasteiger partial charge < -0.3 is 29.5 Å². The summed E-state index contributed by atoms with van der Waals surface area (Å²) >= 11 is 3.01. The lowest BCUT2D eigenvalue weighted by molar-refractivity contribution is -0.138. The quantitative estimate of drug-likeness (QED) is 0.122. The predicted molar refractivity (Wildman–Crippen MR) is 230 cm³/mol. The lowest BCUT2D eigenvalue weighted by Gasteiger charge is -2.34. The van der Waals surface area contributed by atoms with Crippen LogP contribution >= 0.6 is 22.7 Å². The van der Waals surface area contributed by atoms with E-state index in [0.717, 1.165) is 71.1 Å². The van der Waals surface area contributed by atoms with Gasteiger partial charge in [-0.05, 0) is 87.1 Å². The van der Waals surface area contributed by atoms with Gasteiger partial charge in [0.05, 0.1) is 34.6 Å². The van der Waals surface area contributed by atoms with E-state index in [1.807, 2.05) is 81.2 Å². The van der Waals surface area contributed by atoms with Crippen molar-refractivity contribution in [3.63, 3.8) is 0 Å². The second kappa shape index (κ2) is 20.1. The SMILES string of the molecule is O=C(O)c1ccc(-c2nc([C@H]3CCCCN3C(=O)COc3ccccc3)cs2)cc1.O=C(O)c1ccc(-c2nc([C@H]3CCCCN3C(=O)COc3ccccc3)cs2)cc1. The van der Waals surface area contributed by atoms with E-state index in [9.17, 15) is 19.2 Å². The zero-order chi connectivity index (χ0) is 41.8. The molecule has 0 saturated carbocycles. The van der Waals surface area contributed by atoms with Crippen LogP contribution in [0.5, 0.6) is 11.5 Å². The van der Waals surface area contributed by atoms with Crippen molar-refractivity contribution >= 4 is 46.4 Å². The predicted octanol–water partition coefficient (Wildman–Crippen LogP) is 9.28. The molecule has 4 aromatic carbocycles. The van der Waals surface area contributed by atoms with Crippen molar-refractivity contribution in [1.29, 1.82) is 0 Å². The molecular formula is C46H44N4O8S2. The minimum absolute atomic E-state index is 0.00809. The summed E-state index contributed by atoms with van der Waals surface area (Å²) < 4.78 is 11.3. The van der Waals surface area contributed by atoms with Gasteiger partial charge in [-0.1, -0.05) is 60.7 Å². The molecule has 2 amide bonds. The largest absolute Gasteiger partial charge is 0.484 e. The van der Waals surface area contributed by atoms with E-state index in [4.69, 9.17) is 29.7 Å². The van der Waals surface area contributed by atoms with Crippen LogP contribution < -0.4 is 9.47 Å². The molecule has 60 heavy (non-hydrogen) atoms. The Labute approximate surface area is 355 Å². The summed E-state index contributed by atoms with van der Waals surface area (Å²) in [4.78, 5) is 61.1. The fourth-order valence-electron chi connectivity index (χ4n) is 7.22. The smallest absolute Gasteiger partial charge is 0.335 e. The number of nitrogens with zero attached hydrogens (tertiary/aromatic N) is 4. The first kappa shape index (κ1) is 41.8. The number of hydrogen-bond acceptors (Lipinski definition) is 10. The number of para-hydroxylation sites is 2. The van der Waals surface area contributed by atoms with E-state index in [0.29, 0.717) is 24.6 Å². The first-order chi connectivity index (χ1) is 29.2. The molecule has 0 spiro atoms. The molecule has 4 heterocycles. The van der Waals surface area contributed by atoms with Crippen LogP contribution in [0.3, 0.4) is 0 Å². The average molecular weight is 845 g/mol.